The first-order chi connectivity index (χ1) is 9.22. The van der Waals surface area contributed by atoms with Gasteiger partial charge in [0.1, 0.15) is 11.6 Å². The summed E-state index contributed by atoms with van der Waals surface area (Å²) in [7, 11) is 0. The predicted molar refractivity (Wildman–Crippen MR) is 73.9 cm³/mol. The zero-order valence-electron chi connectivity index (χ0n) is 11.0. The number of hydrogen-bond donors (Lipinski definition) is 2. The van der Waals surface area contributed by atoms with E-state index in [1.165, 1.54) is 0 Å². The fraction of sp³-hybridized carbons (Fsp3) is 0.667. The molecule has 1 aromatic rings. The van der Waals surface area contributed by atoms with Gasteiger partial charge in [-0.2, -0.15) is 9.97 Å². The molecule has 0 saturated carbocycles. The normalized spacial score (nSPS) is 24.8. The van der Waals surface area contributed by atoms with Gasteiger partial charge in [0.05, 0.1) is 13.2 Å². The number of aromatic nitrogens is 2. The Bertz CT molecular complexity index is 428. The van der Waals surface area contributed by atoms with Crippen LogP contribution in [-0.4, -0.2) is 60.3 Å². The van der Waals surface area contributed by atoms with Crippen molar-refractivity contribution in [2.75, 3.05) is 55.8 Å². The predicted octanol–water partition coefficient (Wildman–Crippen LogP) is -0.448. The standard InChI is InChI=1S/C12H20N6O/c13-10-7-11(16-12(14)15-10)18-2-1-9(8-18)17-3-5-19-6-4-17/h7,9H,1-6,8H2,(H4,13,14,15,16). The molecular weight excluding hydrogens is 244 g/mol. The summed E-state index contributed by atoms with van der Waals surface area (Å²) in [5.41, 5.74) is 11.4. The first kappa shape index (κ1) is 12.4. The topological polar surface area (TPSA) is 93.5 Å². The molecule has 3 heterocycles. The van der Waals surface area contributed by atoms with Gasteiger partial charge < -0.3 is 21.1 Å². The number of nitrogens with two attached hydrogens (primary N) is 2. The van der Waals surface area contributed by atoms with Crippen molar-refractivity contribution in [3.63, 3.8) is 0 Å². The summed E-state index contributed by atoms with van der Waals surface area (Å²) in [6.45, 7) is 5.67. The lowest BCUT2D eigenvalue weighted by Gasteiger charge is -2.32. The summed E-state index contributed by atoms with van der Waals surface area (Å²) in [4.78, 5) is 12.9. The molecule has 7 heteroatoms. The van der Waals surface area contributed by atoms with E-state index in [0.29, 0.717) is 11.9 Å². The number of nitrogen functional groups attached to an aromatic ring is 2. The Balaban J connectivity index is 1.67. The molecule has 0 spiro atoms. The average Bonchev–Trinajstić information content (AvgIpc) is 2.88. The zero-order valence-corrected chi connectivity index (χ0v) is 11.0. The Morgan fingerprint density at radius 2 is 1.95 bits per heavy atom. The second-order valence-corrected chi connectivity index (χ2v) is 5.05. The molecule has 4 N–H and O–H groups in total. The molecule has 0 amide bonds. The molecule has 7 nitrogen and oxygen atoms in total. The molecule has 0 aliphatic carbocycles. The molecule has 1 atom stereocenters. The molecule has 2 aliphatic rings. The van der Waals surface area contributed by atoms with Crippen molar-refractivity contribution in [1.82, 2.24) is 14.9 Å². The first-order valence-corrected chi connectivity index (χ1v) is 6.69. The molecule has 0 bridgehead atoms. The fourth-order valence-corrected chi connectivity index (χ4v) is 2.82. The quantitative estimate of drug-likeness (QED) is 0.747. The number of morpholine rings is 1. The number of anilines is 3. The number of rotatable bonds is 2. The lowest BCUT2D eigenvalue weighted by Crippen LogP contribution is -2.44. The number of ether oxygens (including phenoxy) is 1. The van der Waals surface area contributed by atoms with E-state index in [1.807, 2.05) is 0 Å². The van der Waals surface area contributed by atoms with Crippen LogP contribution in [0, 0.1) is 0 Å². The van der Waals surface area contributed by atoms with E-state index in [1.54, 1.807) is 6.07 Å². The summed E-state index contributed by atoms with van der Waals surface area (Å²) >= 11 is 0. The van der Waals surface area contributed by atoms with Gasteiger partial charge in [0.2, 0.25) is 5.95 Å². The Morgan fingerprint density at radius 3 is 2.68 bits per heavy atom. The van der Waals surface area contributed by atoms with Crippen molar-refractivity contribution in [1.29, 1.82) is 0 Å². The van der Waals surface area contributed by atoms with Crippen LogP contribution in [0.5, 0.6) is 0 Å². The summed E-state index contributed by atoms with van der Waals surface area (Å²) < 4.78 is 5.39. The van der Waals surface area contributed by atoms with Crippen LogP contribution >= 0.6 is 0 Å². The highest BCUT2D eigenvalue weighted by molar-refractivity contribution is 5.51. The van der Waals surface area contributed by atoms with Crippen LogP contribution in [0.2, 0.25) is 0 Å². The lowest BCUT2D eigenvalue weighted by molar-refractivity contribution is 0.0209. The number of nitrogens with zero attached hydrogens (tertiary/aromatic N) is 4. The van der Waals surface area contributed by atoms with Crippen molar-refractivity contribution in [3.8, 4) is 0 Å². The highest BCUT2D eigenvalue weighted by atomic mass is 16.5. The summed E-state index contributed by atoms with van der Waals surface area (Å²) in [5, 5.41) is 0. The fourth-order valence-electron chi connectivity index (χ4n) is 2.82. The van der Waals surface area contributed by atoms with Crippen molar-refractivity contribution in [2.24, 2.45) is 0 Å². The zero-order chi connectivity index (χ0) is 13.2. The van der Waals surface area contributed by atoms with Gasteiger partial charge in [-0.15, -0.1) is 0 Å². The summed E-state index contributed by atoms with van der Waals surface area (Å²) in [6, 6.07) is 2.36. The summed E-state index contributed by atoms with van der Waals surface area (Å²) in [6.07, 6.45) is 1.14. The second-order valence-electron chi connectivity index (χ2n) is 5.05. The highest BCUT2D eigenvalue weighted by Gasteiger charge is 2.29. The molecule has 2 saturated heterocycles. The van der Waals surface area contributed by atoms with Crippen LogP contribution in [0.25, 0.3) is 0 Å². The molecule has 2 aliphatic heterocycles. The lowest BCUT2D eigenvalue weighted by atomic mass is 10.2. The minimum atomic E-state index is 0.241. The molecule has 0 radical (unpaired) electrons. The average molecular weight is 264 g/mol. The Hall–Kier alpha value is -1.60. The maximum atomic E-state index is 5.72. The third-order valence-electron chi connectivity index (χ3n) is 3.80. The van der Waals surface area contributed by atoms with Crippen LogP contribution in [0.15, 0.2) is 6.07 Å². The Morgan fingerprint density at radius 1 is 1.16 bits per heavy atom. The van der Waals surface area contributed by atoms with Crippen molar-refractivity contribution in [2.45, 2.75) is 12.5 Å². The maximum absolute atomic E-state index is 5.72. The number of hydrogen-bond acceptors (Lipinski definition) is 7. The molecule has 104 valence electrons. The van der Waals surface area contributed by atoms with Crippen LogP contribution in [0.4, 0.5) is 17.6 Å². The third-order valence-corrected chi connectivity index (χ3v) is 3.80. The molecular formula is C12H20N6O. The SMILES string of the molecule is Nc1cc(N2CCC(N3CCOCC3)C2)nc(N)n1. The van der Waals surface area contributed by atoms with Gasteiger partial charge in [0, 0.05) is 38.3 Å². The van der Waals surface area contributed by atoms with Crippen LogP contribution in [0.3, 0.4) is 0 Å². The second kappa shape index (κ2) is 5.18. The van der Waals surface area contributed by atoms with Crippen molar-refractivity contribution in [3.05, 3.63) is 6.07 Å². The van der Waals surface area contributed by atoms with E-state index in [9.17, 15) is 0 Å². The summed E-state index contributed by atoms with van der Waals surface area (Å²) in [5.74, 6) is 1.50. The van der Waals surface area contributed by atoms with Crippen LogP contribution in [-0.2, 0) is 4.74 Å². The van der Waals surface area contributed by atoms with Gasteiger partial charge in [-0.1, -0.05) is 0 Å². The van der Waals surface area contributed by atoms with E-state index in [2.05, 4.69) is 19.8 Å². The molecule has 19 heavy (non-hydrogen) atoms. The van der Waals surface area contributed by atoms with E-state index < -0.39 is 0 Å². The van der Waals surface area contributed by atoms with Crippen LogP contribution in [0.1, 0.15) is 6.42 Å². The van der Waals surface area contributed by atoms with E-state index >= 15 is 0 Å². The van der Waals surface area contributed by atoms with Crippen LogP contribution < -0.4 is 16.4 Å². The van der Waals surface area contributed by atoms with Gasteiger partial charge >= 0.3 is 0 Å². The molecule has 1 unspecified atom stereocenters. The largest absolute Gasteiger partial charge is 0.383 e. The van der Waals surface area contributed by atoms with Crippen molar-refractivity contribution < 1.29 is 4.74 Å². The van der Waals surface area contributed by atoms with E-state index in [-0.39, 0.29) is 5.95 Å². The highest BCUT2D eigenvalue weighted by Crippen LogP contribution is 2.23. The smallest absolute Gasteiger partial charge is 0.223 e. The first-order valence-electron chi connectivity index (χ1n) is 6.69. The van der Waals surface area contributed by atoms with Gasteiger partial charge in [0.25, 0.3) is 0 Å². The molecule has 0 aromatic carbocycles. The monoisotopic (exact) mass is 264 g/mol. The third kappa shape index (κ3) is 2.71. The van der Waals surface area contributed by atoms with E-state index in [4.69, 9.17) is 16.2 Å². The van der Waals surface area contributed by atoms with Gasteiger partial charge in [-0.3, -0.25) is 4.90 Å². The van der Waals surface area contributed by atoms with Gasteiger partial charge in [0.15, 0.2) is 0 Å². The minimum Gasteiger partial charge on any atom is -0.383 e. The molecule has 2 fully saturated rings. The molecule has 1 aromatic heterocycles. The Kier molecular flexibility index (Phi) is 3.39. The van der Waals surface area contributed by atoms with Gasteiger partial charge in [-0.25, -0.2) is 0 Å². The maximum Gasteiger partial charge on any atom is 0.223 e. The Labute approximate surface area is 112 Å². The van der Waals surface area contributed by atoms with Crippen molar-refractivity contribution >= 4 is 17.6 Å². The molecule has 3 rings (SSSR count). The van der Waals surface area contributed by atoms with Gasteiger partial charge in [-0.05, 0) is 6.42 Å². The van der Waals surface area contributed by atoms with E-state index in [0.717, 1.165) is 51.6 Å². The minimum absolute atomic E-state index is 0.241.